The SMILES string of the molecule is O=C(CSc1ncc(-c2ccccc2)n1-c1ccccc1)N1CCN(C2CCS(=O)(=O)C2)CC1. The van der Waals surface area contributed by atoms with Gasteiger partial charge in [-0.25, -0.2) is 13.4 Å². The topological polar surface area (TPSA) is 75.5 Å². The predicted molar refractivity (Wildman–Crippen MR) is 135 cm³/mol. The third-order valence-electron chi connectivity index (χ3n) is 6.53. The van der Waals surface area contributed by atoms with Gasteiger partial charge in [-0.05, 0) is 18.6 Å². The molecule has 3 aromatic rings. The Hall–Kier alpha value is -2.62. The molecule has 178 valence electrons. The van der Waals surface area contributed by atoms with E-state index in [2.05, 4.69) is 26.6 Å². The van der Waals surface area contributed by atoms with Crippen molar-refractivity contribution in [2.75, 3.05) is 43.4 Å². The average Bonchev–Trinajstić information content (AvgIpc) is 3.46. The smallest absolute Gasteiger partial charge is 0.233 e. The lowest BCUT2D eigenvalue weighted by Gasteiger charge is -2.37. The third-order valence-corrected chi connectivity index (χ3v) is 9.22. The van der Waals surface area contributed by atoms with Crippen molar-refractivity contribution in [1.82, 2.24) is 19.4 Å². The van der Waals surface area contributed by atoms with Gasteiger partial charge in [0.1, 0.15) is 0 Å². The molecule has 1 atom stereocenters. The first-order valence-corrected chi connectivity index (χ1v) is 14.3. The van der Waals surface area contributed by atoms with Crippen LogP contribution in [0, 0.1) is 0 Å². The molecular weight excluding hydrogens is 468 g/mol. The number of piperazine rings is 1. The average molecular weight is 497 g/mol. The summed E-state index contributed by atoms with van der Waals surface area (Å²) in [6, 6.07) is 20.3. The van der Waals surface area contributed by atoms with E-state index in [0.29, 0.717) is 25.3 Å². The zero-order valence-corrected chi connectivity index (χ0v) is 20.5. The van der Waals surface area contributed by atoms with E-state index in [1.165, 1.54) is 11.8 Å². The van der Waals surface area contributed by atoms with Crippen molar-refractivity contribution in [3.8, 4) is 16.9 Å². The van der Waals surface area contributed by atoms with Gasteiger partial charge in [0.25, 0.3) is 0 Å². The number of carbonyl (C=O) groups excluding carboxylic acids is 1. The van der Waals surface area contributed by atoms with Gasteiger partial charge in [-0.3, -0.25) is 14.3 Å². The van der Waals surface area contributed by atoms with Crippen LogP contribution in [0.5, 0.6) is 0 Å². The minimum absolute atomic E-state index is 0.0903. The van der Waals surface area contributed by atoms with Crippen molar-refractivity contribution < 1.29 is 13.2 Å². The molecule has 5 rings (SSSR count). The summed E-state index contributed by atoms with van der Waals surface area (Å²) in [5.41, 5.74) is 3.07. The molecule has 1 aromatic heterocycles. The van der Waals surface area contributed by atoms with Gasteiger partial charge in [0.05, 0.1) is 29.1 Å². The summed E-state index contributed by atoms with van der Waals surface area (Å²) < 4.78 is 25.7. The van der Waals surface area contributed by atoms with Crippen molar-refractivity contribution in [1.29, 1.82) is 0 Å². The molecule has 3 heterocycles. The molecule has 2 fully saturated rings. The van der Waals surface area contributed by atoms with Crippen LogP contribution in [-0.2, 0) is 14.6 Å². The highest BCUT2D eigenvalue weighted by atomic mass is 32.2. The summed E-state index contributed by atoms with van der Waals surface area (Å²) in [7, 11) is -2.89. The van der Waals surface area contributed by atoms with E-state index in [1.54, 1.807) is 0 Å². The first-order chi connectivity index (χ1) is 16.5. The van der Waals surface area contributed by atoms with Gasteiger partial charge < -0.3 is 4.90 Å². The van der Waals surface area contributed by atoms with Crippen LogP contribution in [0.15, 0.2) is 72.0 Å². The maximum absolute atomic E-state index is 13.0. The molecule has 0 saturated carbocycles. The van der Waals surface area contributed by atoms with E-state index < -0.39 is 9.84 Å². The van der Waals surface area contributed by atoms with Gasteiger partial charge in [-0.15, -0.1) is 0 Å². The standard InChI is InChI=1S/C25H28N4O3S2/c30-24(28-14-12-27(13-15-28)22-11-16-34(31,32)19-22)18-33-25-26-17-23(20-7-3-1-4-8-20)29(25)21-9-5-2-6-10-21/h1-10,17,22H,11-16,18-19H2. The molecule has 2 saturated heterocycles. The van der Waals surface area contributed by atoms with E-state index in [0.717, 1.165) is 35.2 Å². The highest BCUT2D eigenvalue weighted by Gasteiger charge is 2.34. The molecule has 2 aliphatic rings. The number of hydrogen-bond donors (Lipinski definition) is 0. The largest absolute Gasteiger partial charge is 0.339 e. The summed E-state index contributed by atoms with van der Waals surface area (Å²) in [6.45, 7) is 2.73. The number of benzene rings is 2. The van der Waals surface area contributed by atoms with Crippen molar-refractivity contribution in [3.63, 3.8) is 0 Å². The van der Waals surface area contributed by atoms with Crippen LogP contribution in [0.4, 0.5) is 0 Å². The Bertz CT molecular complexity index is 1240. The second-order valence-electron chi connectivity index (χ2n) is 8.73. The lowest BCUT2D eigenvalue weighted by Crippen LogP contribution is -2.52. The molecule has 0 radical (unpaired) electrons. The van der Waals surface area contributed by atoms with Gasteiger partial charge >= 0.3 is 0 Å². The van der Waals surface area contributed by atoms with E-state index in [-0.39, 0.29) is 23.5 Å². The molecule has 0 aliphatic carbocycles. The summed E-state index contributed by atoms with van der Waals surface area (Å²) in [6.07, 6.45) is 2.57. The lowest BCUT2D eigenvalue weighted by atomic mass is 10.1. The highest BCUT2D eigenvalue weighted by Crippen LogP contribution is 2.30. The predicted octanol–water partition coefficient (Wildman–Crippen LogP) is 2.96. The van der Waals surface area contributed by atoms with Crippen LogP contribution in [0.3, 0.4) is 0 Å². The number of aromatic nitrogens is 2. The van der Waals surface area contributed by atoms with E-state index in [1.807, 2.05) is 59.6 Å². The lowest BCUT2D eigenvalue weighted by molar-refractivity contribution is -0.130. The second-order valence-corrected chi connectivity index (χ2v) is 11.9. The van der Waals surface area contributed by atoms with Crippen molar-refractivity contribution >= 4 is 27.5 Å². The third kappa shape index (κ3) is 5.06. The Balaban J connectivity index is 1.25. The number of rotatable bonds is 6. The number of nitrogens with zero attached hydrogens (tertiary/aromatic N) is 4. The number of carbonyl (C=O) groups is 1. The Morgan fingerprint density at radius 3 is 2.29 bits per heavy atom. The van der Waals surface area contributed by atoms with Gasteiger partial charge in [0, 0.05) is 43.5 Å². The first kappa shape index (κ1) is 23.1. The Morgan fingerprint density at radius 1 is 0.971 bits per heavy atom. The fraction of sp³-hybridized carbons (Fsp3) is 0.360. The molecule has 1 unspecified atom stereocenters. The summed E-state index contributed by atoms with van der Waals surface area (Å²) >= 11 is 1.45. The molecule has 7 nitrogen and oxygen atoms in total. The minimum atomic E-state index is -2.89. The zero-order valence-electron chi connectivity index (χ0n) is 18.9. The van der Waals surface area contributed by atoms with Crippen molar-refractivity contribution in [2.24, 2.45) is 0 Å². The van der Waals surface area contributed by atoms with Gasteiger partial charge in [0.15, 0.2) is 15.0 Å². The number of thioether (sulfide) groups is 1. The summed E-state index contributed by atoms with van der Waals surface area (Å²) in [5.74, 6) is 0.943. The van der Waals surface area contributed by atoms with Crippen molar-refractivity contribution in [2.45, 2.75) is 17.6 Å². The van der Waals surface area contributed by atoms with Crippen LogP contribution in [0.1, 0.15) is 6.42 Å². The van der Waals surface area contributed by atoms with Crippen LogP contribution < -0.4 is 0 Å². The fourth-order valence-electron chi connectivity index (χ4n) is 4.69. The molecular formula is C25H28N4O3S2. The Morgan fingerprint density at radius 2 is 1.65 bits per heavy atom. The van der Waals surface area contributed by atoms with Gasteiger partial charge in [0.2, 0.25) is 5.91 Å². The number of imidazole rings is 1. The number of amides is 1. The number of para-hydroxylation sites is 1. The first-order valence-electron chi connectivity index (χ1n) is 11.5. The van der Waals surface area contributed by atoms with Crippen LogP contribution >= 0.6 is 11.8 Å². The zero-order chi connectivity index (χ0) is 23.5. The molecule has 0 spiro atoms. The maximum atomic E-state index is 13.0. The number of hydrogen-bond acceptors (Lipinski definition) is 6. The molecule has 2 aromatic carbocycles. The Kier molecular flexibility index (Phi) is 6.76. The monoisotopic (exact) mass is 496 g/mol. The molecule has 9 heteroatoms. The van der Waals surface area contributed by atoms with E-state index in [9.17, 15) is 13.2 Å². The molecule has 0 N–H and O–H groups in total. The minimum Gasteiger partial charge on any atom is -0.339 e. The van der Waals surface area contributed by atoms with Crippen LogP contribution in [-0.4, -0.2) is 83.2 Å². The number of sulfone groups is 1. The summed E-state index contributed by atoms with van der Waals surface area (Å²) in [5, 5.41) is 0.785. The normalized spacial score (nSPS) is 20.5. The quantitative estimate of drug-likeness (QED) is 0.489. The molecule has 0 bridgehead atoms. The van der Waals surface area contributed by atoms with E-state index >= 15 is 0 Å². The van der Waals surface area contributed by atoms with E-state index in [4.69, 9.17) is 0 Å². The maximum Gasteiger partial charge on any atom is 0.233 e. The second kappa shape index (κ2) is 9.93. The highest BCUT2D eigenvalue weighted by molar-refractivity contribution is 7.99. The van der Waals surface area contributed by atoms with Gasteiger partial charge in [-0.1, -0.05) is 60.3 Å². The van der Waals surface area contributed by atoms with Gasteiger partial charge in [-0.2, -0.15) is 0 Å². The van der Waals surface area contributed by atoms with Crippen LogP contribution in [0.2, 0.25) is 0 Å². The molecule has 2 aliphatic heterocycles. The van der Waals surface area contributed by atoms with Crippen molar-refractivity contribution in [3.05, 3.63) is 66.9 Å². The molecule has 1 amide bonds. The fourth-order valence-corrected chi connectivity index (χ4v) is 7.35. The summed E-state index contributed by atoms with van der Waals surface area (Å²) in [4.78, 5) is 21.8. The van der Waals surface area contributed by atoms with Crippen LogP contribution in [0.25, 0.3) is 16.9 Å². The Labute approximate surface area is 204 Å². The molecule has 34 heavy (non-hydrogen) atoms.